The van der Waals surface area contributed by atoms with Crippen LogP contribution in [0.4, 0.5) is 11.4 Å². The summed E-state index contributed by atoms with van der Waals surface area (Å²) >= 11 is 1.79. The topological polar surface area (TPSA) is 32.8 Å². The van der Waals surface area contributed by atoms with Gasteiger partial charge in [0.15, 0.2) is 0 Å². The van der Waals surface area contributed by atoms with Crippen LogP contribution < -0.4 is 9.64 Å². The number of amides is 1. The number of fused-ring (bicyclic) bond motifs is 2. The van der Waals surface area contributed by atoms with Gasteiger partial charge in [-0.15, -0.1) is 0 Å². The third kappa shape index (κ3) is 3.36. The second-order valence-corrected chi connectivity index (χ2v) is 6.93. The molecule has 4 nitrogen and oxygen atoms in total. The van der Waals surface area contributed by atoms with E-state index in [9.17, 15) is 4.79 Å². The molecule has 0 N–H and O–H groups in total. The number of rotatable bonds is 5. The van der Waals surface area contributed by atoms with Gasteiger partial charge in [0.1, 0.15) is 5.75 Å². The highest BCUT2D eigenvalue weighted by Crippen LogP contribution is 2.48. The lowest BCUT2D eigenvalue weighted by molar-refractivity contribution is -0.127. The summed E-state index contributed by atoms with van der Waals surface area (Å²) < 4.78 is 5.40. The van der Waals surface area contributed by atoms with Gasteiger partial charge in [-0.05, 0) is 30.7 Å². The Morgan fingerprint density at radius 1 is 1.17 bits per heavy atom. The van der Waals surface area contributed by atoms with Gasteiger partial charge in [0.2, 0.25) is 5.91 Å². The van der Waals surface area contributed by atoms with Crippen molar-refractivity contribution in [1.82, 2.24) is 4.90 Å². The predicted molar refractivity (Wildman–Crippen MR) is 98.5 cm³/mol. The highest BCUT2D eigenvalue weighted by atomic mass is 32.2. The van der Waals surface area contributed by atoms with E-state index in [4.69, 9.17) is 4.74 Å². The Morgan fingerprint density at radius 3 is 2.67 bits per heavy atom. The molecule has 0 aliphatic carbocycles. The Labute approximate surface area is 147 Å². The Morgan fingerprint density at radius 2 is 1.92 bits per heavy atom. The average molecular weight is 342 g/mol. The van der Waals surface area contributed by atoms with Crippen molar-refractivity contribution >= 4 is 29.0 Å². The minimum Gasteiger partial charge on any atom is -0.497 e. The number of carbonyl (C=O) groups excluding carboxylic acids is 1. The maximum absolute atomic E-state index is 11.4. The van der Waals surface area contributed by atoms with Crippen LogP contribution in [0, 0.1) is 0 Å². The van der Waals surface area contributed by atoms with Crippen molar-refractivity contribution in [3.63, 3.8) is 0 Å². The number of hydrogen-bond donors (Lipinski definition) is 0. The largest absolute Gasteiger partial charge is 0.497 e. The van der Waals surface area contributed by atoms with E-state index in [1.807, 2.05) is 13.1 Å². The lowest BCUT2D eigenvalue weighted by Gasteiger charge is -2.33. The van der Waals surface area contributed by atoms with E-state index < -0.39 is 0 Å². The quantitative estimate of drug-likeness (QED) is 0.816. The standard InChI is InChI=1S/C19H22N2O2S/c1-14(22)20(2)11-6-12-21-16-7-4-5-8-18(16)24-19-10-9-15(23-3)13-17(19)21/h4-5,7-10,13H,6,11-12H2,1-3H3. The van der Waals surface area contributed by atoms with Crippen molar-refractivity contribution in [3.8, 4) is 5.75 Å². The highest BCUT2D eigenvalue weighted by Gasteiger charge is 2.23. The van der Waals surface area contributed by atoms with Gasteiger partial charge in [0.05, 0.1) is 18.5 Å². The molecule has 126 valence electrons. The molecule has 0 spiro atoms. The summed E-state index contributed by atoms with van der Waals surface area (Å²) in [5, 5.41) is 0. The van der Waals surface area contributed by atoms with Crippen LogP contribution in [0.1, 0.15) is 13.3 Å². The first-order chi connectivity index (χ1) is 11.6. The van der Waals surface area contributed by atoms with Gasteiger partial charge in [-0.1, -0.05) is 23.9 Å². The molecule has 1 aliphatic rings. The molecule has 0 fully saturated rings. The van der Waals surface area contributed by atoms with E-state index >= 15 is 0 Å². The summed E-state index contributed by atoms with van der Waals surface area (Å²) in [4.78, 5) is 18.0. The molecule has 1 heterocycles. The van der Waals surface area contributed by atoms with Crippen LogP contribution in [0.5, 0.6) is 5.75 Å². The molecule has 2 aromatic rings. The van der Waals surface area contributed by atoms with E-state index in [1.165, 1.54) is 21.2 Å². The van der Waals surface area contributed by atoms with Crippen LogP contribution in [0.25, 0.3) is 0 Å². The summed E-state index contributed by atoms with van der Waals surface area (Å²) in [6, 6.07) is 14.7. The van der Waals surface area contributed by atoms with E-state index in [0.29, 0.717) is 0 Å². The third-order valence-electron chi connectivity index (χ3n) is 4.25. The van der Waals surface area contributed by atoms with Crippen LogP contribution in [0.2, 0.25) is 0 Å². The smallest absolute Gasteiger partial charge is 0.219 e. The Kier molecular flexibility index (Phi) is 5.00. The molecule has 2 aromatic carbocycles. The van der Waals surface area contributed by atoms with E-state index in [0.717, 1.165) is 25.3 Å². The van der Waals surface area contributed by atoms with Gasteiger partial charge in [-0.2, -0.15) is 0 Å². The lowest BCUT2D eigenvalue weighted by Crippen LogP contribution is -2.29. The average Bonchev–Trinajstić information content (AvgIpc) is 2.60. The van der Waals surface area contributed by atoms with Crippen molar-refractivity contribution in [1.29, 1.82) is 0 Å². The van der Waals surface area contributed by atoms with Crippen molar-refractivity contribution in [2.24, 2.45) is 0 Å². The third-order valence-corrected chi connectivity index (χ3v) is 5.38. The van der Waals surface area contributed by atoms with Gasteiger partial charge in [0, 0.05) is 42.9 Å². The molecule has 1 aliphatic heterocycles. The molecule has 24 heavy (non-hydrogen) atoms. The molecule has 0 saturated heterocycles. The summed E-state index contributed by atoms with van der Waals surface area (Å²) in [5.74, 6) is 0.964. The molecular formula is C19H22N2O2S. The van der Waals surface area contributed by atoms with E-state index in [-0.39, 0.29) is 5.91 Å². The lowest BCUT2D eigenvalue weighted by atomic mass is 10.2. The zero-order chi connectivity index (χ0) is 17.1. The van der Waals surface area contributed by atoms with Crippen molar-refractivity contribution in [3.05, 3.63) is 42.5 Å². The first kappa shape index (κ1) is 16.7. The summed E-state index contributed by atoms with van der Waals surface area (Å²) in [5.41, 5.74) is 2.39. The first-order valence-electron chi connectivity index (χ1n) is 8.04. The maximum Gasteiger partial charge on any atom is 0.219 e. The van der Waals surface area contributed by atoms with Gasteiger partial charge in [-0.3, -0.25) is 4.79 Å². The number of para-hydroxylation sites is 1. The van der Waals surface area contributed by atoms with Crippen molar-refractivity contribution in [2.45, 2.75) is 23.1 Å². The zero-order valence-corrected chi connectivity index (χ0v) is 15.1. The van der Waals surface area contributed by atoms with Crippen LogP contribution in [-0.4, -0.2) is 38.1 Å². The Bertz CT molecular complexity index is 748. The number of hydrogen-bond acceptors (Lipinski definition) is 4. The molecule has 0 bridgehead atoms. The summed E-state index contributed by atoms with van der Waals surface area (Å²) in [7, 11) is 3.54. The molecule has 0 radical (unpaired) electrons. The number of methoxy groups -OCH3 is 1. The van der Waals surface area contributed by atoms with E-state index in [2.05, 4.69) is 41.3 Å². The fourth-order valence-corrected chi connectivity index (χ4v) is 3.88. The SMILES string of the molecule is COc1ccc2c(c1)N(CCCN(C)C(C)=O)c1ccccc1S2. The van der Waals surface area contributed by atoms with Crippen LogP contribution in [0.3, 0.4) is 0 Å². The molecule has 3 rings (SSSR count). The Hall–Kier alpha value is -2.14. The fourth-order valence-electron chi connectivity index (χ4n) is 2.80. The molecule has 0 saturated carbocycles. The van der Waals surface area contributed by atoms with Crippen LogP contribution in [-0.2, 0) is 4.79 Å². The molecular weight excluding hydrogens is 320 g/mol. The molecule has 0 atom stereocenters. The van der Waals surface area contributed by atoms with Gasteiger partial charge in [0.25, 0.3) is 0 Å². The number of ether oxygens (including phenoxy) is 1. The predicted octanol–water partition coefficient (Wildman–Crippen LogP) is 4.17. The molecule has 0 aromatic heterocycles. The number of nitrogens with zero attached hydrogens (tertiary/aromatic N) is 2. The second kappa shape index (κ2) is 7.18. The maximum atomic E-state index is 11.4. The number of benzene rings is 2. The monoisotopic (exact) mass is 342 g/mol. The summed E-state index contributed by atoms with van der Waals surface area (Å²) in [6.07, 6.45) is 0.908. The van der Waals surface area contributed by atoms with E-state index in [1.54, 1.807) is 30.7 Å². The first-order valence-corrected chi connectivity index (χ1v) is 8.86. The zero-order valence-electron chi connectivity index (χ0n) is 14.3. The van der Waals surface area contributed by atoms with Crippen LogP contribution >= 0.6 is 11.8 Å². The number of carbonyl (C=O) groups is 1. The number of anilines is 2. The second-order valence-electron chi connectivity index (χ2n) is 5.85. The van der Waals surface area contributed by atoms with Gasteiger partial charge >= 0.3 is 0 Å². The molecule has 0 unspecified atom stereocenters. The minimum atomic E-state index is 0.103. The molecule has 1 amide bonds. The normalized spacial score (nSPS) is 12.4. The minimum absolute atomic E-state index is 0.103. The van der Waals surface area contributed by atoms with Gasteiger partial charge < -0.3 is 14.5 Å². The van der Waals surface area contributed by atoms with Gasteiger partial charge in [-0.25, -0.2) is 0 Å². The highest BCUT2D eigenvalue weighted by molar-refractivity contribution is 7.99. The summed E-state index contributed by atoms with van der Waals surface area (Å²) in [6.45, 7) is 3.21. The van der Waals surface area contributed by atoms with Crippen molar-refractivity contribution < 1.29 is 9.53 Å². The Balaban J connectivity index is 1.87. The fraction of sp³-hybridized carbons (Fsp3) is 0.316. The van der Waals surface area contributed by atoms with Crippen molar-refractivity contribution in [2.75, 3.05) is 32.1 Å². The molecule has 5 heteroatoms. The van der Waals surface area contributed by atoms with Crippen LogP contribution in [0.15, 0.2) is 52.3 Å².